The average Bonchev–Trinajstić information content (AvgIpc) is 3.55. The largest absolute Gasteiger partial charge is 0.479 e. The molecule has 0 aliphatic carbocycles. The van der Waals surface area contributed by atoms with Gasteiger partial charge in [-0.2, -0.15) is 0 Å². The first kappa shape index (κ1) is 27.8. The molecule has 200 valence electrons. The summed E-state index contributed by atoms with van der Waals surface area (Å²) < 4.78 is 5.81. The van der Waals surface area contributed by atoms with E-state index in [-0.39, 0.29) is 11.8 Å². The van der Waals surface area contributed by atoms with Crippen LogP contribution in [-0.4, -0.2) is 40.7 Å². The molecule has 1 fully saturated rings. The average molecular weight is 634 g/mol. The SMILES string of the molecule is CC(Oc1ccc(Cl)cc1Cl)C(=O)N1CCC(c2nc(C3=NOC(c4c(Cl)cc(Cl)cc4Cl)C3)cs2)CC1. The Morgan fingerprint density at radius 1 is 1.05 bits per heavy atom. The van der Waals surface area contributed by atoms with Crippen molar-refractivity contribution in [2.24, 2.45) is 5.16 Å². The molecule has 1 amide bonds. The number of amides is 1. The summed E-state index contributed by atoms with van der Waals surface area (Å²) in [6, 6.07) is 8.22. The summed E-state index contributed by atoms with van der Waals surface area (Å²) in [5.74, 6) is 0.625. The maximum absolute atomic E-state index is 13.0. The summed E-state index contributed by atoms with van der Waals surface area (Å²) in [6.45, 7) is 2.98. The lowest BCUT2D eigenvalue weighted by atomic mass is 9.97. The zero-order valence-corrected chi connectivity index (χ0v) is 24.7. The second kappa shape index (κ2) is 11.8. The molecule has 1 saturated heterocycles. The number of piperidine rings is 1. The van der Waals surface area contributed by atoms with E-state index in [4.69, 9.17) is 72.6 Å². The van der Waals surface area contributed by atoms with Crippen LogP contribution >= 0.6 is 69.3 Å². The van der Waals surface area contributed by atoms with Crippen LogP contribution in [0.3, 0.4) is 0 Å². The van der Waals surface area contributed by atoms with Gasteiger partial charge in [-0.05, 0) is 50.1 Å². The van der Waals surface area contributed by atoms with E-state index in [0.29, 0.717) is 55.9 Å². The second-order valence-corrected chi connectivity index (χ2v) is 12.1. The summed E-state index contributed by atoms with van der Waals surface area (Å²) in [4.78, 5) is 25.3. The summed E-state index contributed by atoms with van der Waals surface area (Å²) in [5.41, 5.74) is 2.20. The van der Waals surface area contributed by atoms with E-state index in [1.54, 1.807) is 48.6 Å². The number of likely N-dealkylation sites (tertiary alicyclic amines) is 1. The van der Waals surface area contributed by atoms with E-state index >= 15 is 0 Å². The predicted molar refractivity (Wildman–Crippen MR) is 154 cm³/mol. The van der Waals surface area contributed by atoms with Crippen molar-refractivity contribution in [3.05, 3.63) is 77.1 Å². The van der Waals surface area contributed by atoms with Crippen molar-refractivity contribution in [3.63, 3.8) is 0 Å². The third kappa shape index (κ3) is 6.03. The first-order chi connectivity index (χ1) is 18.2. The molecule has 2 aliphatic heterocycles. The van der Waals surface area contributed by atoms with E-state index < -0.39 is 12.2 Å². The van der Waals surface area contributed by atoms with Crippen LogP contribution in [0.15, 0.2) is 40.9 Å². The Hall–Kier alpha value is -1.74. The van der Waals surface area contributed by atoms with E-state index in [2.05, 4.69) is 5.16 Å². The van der Waals surface area contributed by atoms with Gasteiger partial charge in [0.05, 0.1) is 25.8 Å². The Labute approximate surface area is 249 Å². The molecule has 0 saturated carbocycles. The molecule has 3 heterocycles. The lowest BCUT2D eigenvalue weighted by Crippen LogP contribution is -2.44. The molecule has 2 atom stereocenters. The Morgan fingerprint density at radius 3 is 2.42 bits per heavy atom. The number of oxime groups is 1. The molecule has 2 aromatic carbocycles. The van der Waals surface area contributed by atoms with Crippen molar-refractivity contribution in [1.29, 1.82) is 0 Å². The molecule has 0 radical (unpaired) electrons. The molecule has 12 heteroatoms. The topological polar surface area (TPSA) is 64.0 Å². The van der Waals surface area contributed by atoms with Crippen LogP contribution in [0.2, 0.25) is 25.1 Å². The van der Waals surface area contributed by atoms with Gasteiger partial charge >= 0.3 is 0 Å². The highest BCUT2D eigenvalue weighted by Gasteiger charge is 2.32. The van der Waals surface area contributed by atoms with Gasteiger partial charge in [0.15, 0.2) is 12.2 Å². The fourth-order valence-corrected chi connectivity index (χ4v) is 7.08. The Bertz CT molecular complexity index is 1370. The predicted octanol–water partition coefficient (Wildman–Crippen LogP) is 8.45. The second-order valence-electron chi connectivity index (χ2n) is 9.12. The van der Waals surface area contributed by atoms with Crippen LogP contribution in [0.25, 0.3) is 0 Å². The maximum Gasteiger partial charge on any atom is 0.263 e. The Kier molecular flexibility index (Phi) is 8.63. The Morgan fingerprint density at radius 2 is 1.74 bits per heavy atom. The van der Waals surface area contributed by atoms with Crippen molar-refractivity contribution in [2.45, 2.75) is 44.3 Å². The highest BCUT2D eigenvalue weighted by molar-refractivity contribution is 7.10. The fraction of sp³-hybridized carbons (Fsp3) is 0.346. The van der Waals surface area contributed by atoms with Crippen molar-refractivity contribution in [2.75, 3.05) is 13.1 Å². The van der Waals surface area contributed by atoms with Crippen LogP contribution in [0.4, 0.5) is 0 Å². The summed E-state index contributed by atoms with van der Waals surface area (Å²) in [6.07, 6.45) is 1.08. The minimum atomic E-state index is -0.660. The molecule has 5 rings (SSSR count). The molecular formula is C26H22Cl5N3O3S. The third-order valence-electron chi connectivity index (χ3n) is 6.55. The molecule has 2 aliphatic rings. The first-order valence-corrected chi connectivity index (χ1v) is 14.7. The number of aromatic nitrogens is 1. The van der Waals surface area contributed by atoms with E-state index in [0.717, 1.165) is 29.3 Å². The van der Waals surface area contributed by atoms with Crippen LogP contribution < -0.4 is 4.74 Å². The van der Waals surface area contributed by atoms with Gasteiger partial charge in [-0.3, -0.25) is 4.79 Å². The quantitative estimate of drug-likeness (QED) is 0.273. The molecule has 0 spiro atoms. The molecular weight excluding hydrogens is 612 g/mol. The van der Waals surface area contributed by atoms with Gasteiger partial charge in [0.2, 0.25) is 0 Å². The number of nitrogens with zero attached hydrogens (tertiary/aromatic N) is 3. The number of hydrogen-bond acceptors (Lipinski definition) is 6. The van der Waals surface area contributed by atoms with Crippen LogP contribution in [0, 0.1) is 0 Å². The third-order valence-corrected chi connectivity index (χ3v) is 8.93. The van der Waals surface area contributed by atoms with Crippen molar-refractivity contribution in [3.8, 4) is 5.75 Å². The molecule has 6 nitrogen and oxygen atoms in total. The number of benzene rings is 2. The van der Waals surface area contributed by atoms with Crippen molar-refractivity contribution >= 4 is 81.0 Å². The van der Waals surface area contributed by atoms with Crippen molar-refractivity contribution < 1.29 is 14.4 Å². The lowest BCUT2D eigenvalue weighted by molar-refractivity contribution is -0.139. The zero-order valence-electron chi connectivity index (χ0n) is 20.1. The molecule has 0 bridgehead atoms. The van der Waals surface area contributed by atoms with E-state index in [1.165, 1.54) is 0 Å². The standard InChI is InChI=1S/C26H22Cl5N3O3S/c1-13(36-22-3-2-15(27)8-17(22)29)26(35)34-6-4-14(5-7-34)25-32-21(12-38-25)20-11-23(37-33-20)24-18(30)9-16(28)10-19(24)31/h2-3,8-10,12-14,23H,4-7,11H2,1H3. The first-order valence-electron chi connectivity index (χ1n) is 11.9. The molecule has 1 aromatic heterocycles. The lowest BCUT2D eigenvalue weighted by Gasteiger charge is -2.32. The summed E-state index contributed by atoms with van der Waals surface area (Å²) in [7, 11) is 0. The molecule has 0 N–H and O–H groups in total. The molecule has 2 unspecified atom stereocenters. The van der Waals surface area contributed by atoms with Crippen LogP contribution in [0.5, 0.6) is 5.75 Å². The van der Waals surface area contributed by atoms with E-state index in [9.17, 15) is 4.79 Å². The normalized spacial score (nSPS) is 18.7. The summed E-state index contributed by atoms with van der Waals surface area (Å²) in [5, 5.41) is 9.51. The monoisotopic (exact) mass is 631 g/mol. The van der Waals surface area contributed by atoms with Gasteiger partial charge < -0.3 is 14.5 Å². The molecule has 3 aromatic rings. The zero-order chi connectivity index (χ0) is 27.0. The number of halogens is 5. The molecule has 38 heavy (non-hydrogen) atoms. The van der Waals surface area contributed by atoms with Gasteiger partial charge in [-0.25, -0.2) is 4.98 Å². The number of thiazole rings is 1. The summed E-state index contributed by atoms with van der Waals surface area (Å²) >= 11 is 32.5. The van der Waals surface area contributed by atoms with Gasteiger partial charge in [0.1, 0.15) is 11.5 Å². The number of ether oxygens (including phenoxy) is 1. The van der Waals surface area contributed by atoms with Crippen LogP contribution in [-0.2, 0) is 9.63 Å². The highest BCUT2D eigenvalue weighted by Crippen LogP contribution is 2.40. The smallest absolute Gasteiger partial charge is 0.263 e. The van der Waals surface area contributed by atoms with E-state index in [1.807, 2.05) is 10.3 Å². The fourth-order valence-electron chi connectivity index (χ4n) is 4.57. The van der Waals surface area contributed by atoms with Gasteiger partial charge in [0, 0.05) is 46.4 Å². The Balaban J connectivity index is 1.16. The number of hydrogen-bond donors (Lipinski definition) is 0. The highest BCUT2D eigenvalue weighted by atomic mass is 35.5. The van der Waals surface area contributed by atoms with Crippen LogP contribution in [0.1, 0.15) is 54.5 Å². The van der Waals surface area contributed by atoms with Crippen molar-refractivity contribution in [1.82, 2.24) is 9.88 Å². The minimum absolute atomic E-state index is 0.0719. The van der Waals surface area contributed by atoms with Gasteiger partial charge in [0.25, 0.3) is 5.91 Å². The van der Waals surface area contributed by atoms with Gasteiger partial charge in [-0.15, -0.1) is 11.3 Å². The number of carbonyl (C=O) groups excluding carboxylic acids is 1. The minimum Gasteiger partial charge on any atom is -0.479 e. The number of rotatable bonds is 6. The maximum atomic E-state index is 13.0. The number of carbonyl (C=O) groups is 1. The van der Waals surface area contributed by atoms with Gasteiger partial charge in [-0.1, -0.05) is 63.2 Å².